The monoisotopic (exact) mass is 1020 g/mol. The van der Waals surface area contributed by atoms with Crippen LogP contribution in [0.5, 0.6) is 11.5 Å². The van der Waals surface area contributed by atoms with Gasteiger partial charge in [-0.05, 0) is 85.8 Å². The number of carbonyl (C=O) groups excluding carboxylic acids is 1. The SMILES string of the molecule is COCCc1ccc(OCC(O)CNC(C)C)cc1.COCCc1ccc(OCC(O)CNC(C)C)cc1.Cc1ccccc1N1C(=O)c2cc(S(N)(=O)=O)c(Cl)cc2NC1C.O=C(O)CCC(=O)O. The number of benzene rings is 4. The molecule has 1 aliphatic heterocycles. The van der Waals surface area contributed by atoms with Gasteiger partial charge in [0.2, 0.25) is 10.0 Å². The fourth-order valence-electron chi connectivity index (χ4n) is 6.22. The molecular weight excluding hydrogens is 946 g/mol. The number of nitrogens with one attached hydrogen (secondary N) is 3. The van der Waals surface area contributed by atoms with Crippen LogP contribution < -0.4 is 35.5 Å². The molecule has 388 valence electrons. The van der Waals surface area contributed by atoms with Crippen molar-refractivity contribution in [2.75, 3.05) is 64.0 Å². The molecule has 0 saturated heterocycles. The molecule has 3 unspecified atom stereocenters. The molecule has 5 rings (SSSR count). The van der Waals surface area contributed by atoms with E-state index in [4.69, 9.17) is 45.9 Å². The van der Waals surface area contributed by atoms with E-state index in [0.29, 0.717) is 44.1 Å². The van der Waals surface area contributed by atoms with Crippen LogP contribution in [-0.4, -0.2) is 131 Å². The quantitative estimate of drug-likeness (QED) is 0.0431. The maximum atomic E-state index is 13.0. The Morgan fingerprint density at radius 1 is 0.771 bits per heavy atom. The lowest BCUT2D eigenvalue weighted by atomic mass is 10.1. The van der Waals surface area contributed by atoms with E-state index in [2.05, 4.69) is 16.0 Å². The number of methoxy groups -OCH3 is 2. The number of aryl methyl sites for hydroxylation is 1. The summed E-state index contributed by atoms with van der Waals surface area (Å²) in [5.41, 5.74) is 4.82. The molecule has 0 bridgehead atoms. The largest absolute Gasteiger partial charge is 0.491 e. The third kappa shape index (κ3) is 23.5. The first kappa shape index (κ1) is 60.8. The minimum Gasteiger partial charge on any atom is -0.491 e. The van der Waals surface area contributed by atoms with Gasteiger partial charge in [-0.25, -0.2) is 13.6 Å². The Kier molecular flexibility index (Phi) is 27.6. The molecule has 0 aromatic heterocycles. The Hall–Kier alpha value is -5.35. The van der Waals surface area contributed by atoms with Gasteiger partial charge in [0.15, 0.2) is 0 Å². The van der Waals surface area contributed by atoms with Gasteiger partial charge in [-0.3, -0.25) is 19.3 Å². The molecule has 1 aliphatic rings. The van der Waals surface area contributed by atoms with E-state index < -0.39 is 34.2 Å². The molecule has 9 N–H and O–H groups in total. The summed E-state index contributed by atoms with van der Waals surface area (Å²) >= 11 is 6.00. The molecule has 1 heterocycles. The van der Waals surface area contributed by atoms with Gasteiger partial charge in [-0.15, -0.1) is 0 Å². The number of carboxylic acid groups (broad SMARTS) is 2. The van der Waals surface area contributed by atoms with Crippen LogP contribution in [0.2, 0.25) is 5.02 Å². The van der Waals surface area contributed by atoms with Crippen LogP contribution in [0.1, 0.15) is 74.5 Å². The van der Waals surface area contributed by atoms with E-state index in [0.717, 1.165) is 48.8 Å². The number of halogens is 1. The zero-order valence-electron chi connectivity index (χ0n) is 41.3. The van der Waals surface area contributed by atoms with Gasteiger partial charge in [-0.1, -0.05) is 81.8 Å². The first-order chi connectivity index (χ1) is 33.1. The van der Waals surface area contributed by atoms with Crippen molar-refractivity contribution in [2.24, 2.45) is 5.14 Å². The maximum Gasteiger partial charge on any atom is 0.303 e. The van der Waals surface area contributed by atoms with Gasteiger partial charge in [0.05, 0.1) is 42.3 Å². The predicted molar refractivity (Wildman–Crippen MR) is 272 cm³/mol. The Balaban J connectivity index is 0.000000337. The number of aliphatic carboxylic acids is 2. The van der Waals surface area contributed by atoms with Crippen molar-refractivity contribution in [2.45, 2.75) is 103 Å². The molecule has 4 aromatic rings. The van der Waals surface area contributed by atoms with Gasteiger partial charge in [0.1, 0.15) is 48.0 Å². The Labute approximate surface area is 417 Å². The minimum absolute atomic E-state index is 0.0203. The third-order valence-electron chi connectivity index (χ3n) is 9.95. The number of nitrogens with two attached hydrogens (primary N) is 1. The third-order valence-corrected chi connectivity index (χ3v) is 11.3. The number of aliphatic hydroxyl groups excluding tert-OH is 2. The molecular formula is C50H72ClN5O13S. The van der Waals surface area contributed by atoms with Gasteiger partial charge >= 0.3 is 11.9 Å². The van der Waals surface area contributed by atoms with E-state index in [1.807, 2.05) is 114 Å². The maximum absolute atomic E-state index is 13.0. The number of aliphatic hydroxyl groups is 2. The van der Waals surface area contributed by atoms with Crippen LogP contribution in [0.15, 0.2) is 89.8 Å². The highest BCUT2D eigenvalue weighted by Gasteiger charge is 2.33. The fourth-order valence-corrected chi connectivity index (χ4v) is 7.32. The van der Waals surface area contributed by atoms with Crippen molar-refractivity contribution in [3.05, 3.63) is 112 Å². The first-order valence-corrected chi connectivity index (χ1v) is 24.7. The van der Waals surface area contributed by atoms with Gasteiger partial charge in [-0.2, -0.15) is 0 Å². The Morgan fingerprint density at radius 3 is 1.60 bits per heavy atom. The van der Waals surface area contributed by atoms with Crippen LogP contribution in [0, 0.1) is 6.92 Å². The molecule has 1 amide bonds. The number of carbonyl (C=O) groups is 3. The minimum atomic E-state index is -4.02. The Bertz CT molecular complexity index is 2220. The van der Waals surface area contributed by atoms with E-state index in [1.54, 1.807) is 19.1 Å². The second-order valence-corrected chi connectivity index (χ2v) is 18.7. The van der Waals surface area contributed by atoms with E-state index in [-0.39, 0.29) is 40.4 Å². The van der Waals surface area contributed by atoms with E-state index in [1.165, 1.54) is 23.3 Å². The number of hydrogen-bond acceptors (Lipinski definition) is 14. The zero-order chi connectivity index (χ0) is 52.4. The van der Waals surface area contributed by atoms with Crippen LogP contribution >= 0.6 is 11.6 Å². The zero-order valence-corrected chi connectivity index (χ0v) is 42.9. The summed E-state index contributed by atoms with van der Waals surface area (Å²) in [6.07, 6.45) is -0.0891. The standard InChI is InChI=1S/C16H16ClN3O3S.2C15H25NO3.C4H6O4/c1-9-5-3-4-6-14(9)20-10(2)19-13-8-12(17)15(24(18,22)23)7-11(13)16(20)21;2*1-12(2)16-10-14(17)11-19-15-6-4-13(5-7-15)8-9-18-3;5-3(6)1-2-4(7)8/h3-8,10,19H,1-2H3,(H2,18,22,23);2*4-7,12,14,16-17H,8-11H2,1-3H3;1-2H2,(H,5,6)(H,7,8). The summed E-state index contributed by atoms with van der Waals surface area (Å²) in [5.74, 6) is -0.901. The number of fused-ring (bicyclic) bond motifs is 1. The second-order valence-electron chi connectivity index (χ2n) is 16.8. The van der Waals surface area contributed by atoms with Crippen molar-refractivity contribution >= 4 is 50.8 Å². The Morgan fingerprint density at radius 2 is 1.21 bits per heavy atom. The summed E-state index contributed by atoms with van der Waals surface area (Å²) in [6.45, 7) is 15.1. The fraction of sp³-hybridized carbons (Fsp3) is 0.460. The highest BCUT2D eigenvalue weighted by Crippen LogP contribution is 2.35. The molecule has 4 aromatic carbocycles. The second kappa shape index (κ2) is 31.8. The predicted octanol–water partition coefficient (Wildman–Crippen LogP) is 5.88. The molecule has 0 spiro atoms. The summed E-state index contributed by atoms with van der Waals surface area (Å²) in [5, 5.41) is 49.9. The molecule has 20 heteroatoms. The van der Waals surface area contributed by atoms with E-state index in [9.17, 15) is 33.0 Å². The summed E-state index contributed by atoms with van der Waals surface area (Å²) < 4.78 is 44.5. The number of sulfonamides is 1. The highest BCUT2D eigenvalue weighted by atomic mass is 35.5. The molecule has 18 nitrogen and oxygen atoms in total. The normalized spacial score (nSPS) is 13.8. The summed E-state index contributed by atoms with van der Waals surface area (Å²) in [4.78, 5) is 33.6. The van der Waals surface area contributed by atoms with Crippen molar-refractivity contribution in [3.63, 3.8) is 0 Å². The number of nitrogens with zero attached hydrogens (tertiary/aromatic N) is 1. The molecule has 0 fully saturated rings. The summed E-state index contributed by atoms with van der Waals surface area (Å²) in [6, 6.07) is 26.6. The van der Waals surface area contributed by atoms with Gasteiger partial charge in [0, 0.05) is 45.1 Å². The number of hydrogen-bond donors (Lipinski definition) is 8. The number of anilines is 2. The van der Waals surface area contributed by atoms with Crippen molar-refractivity contribution in [3.8, 4) is 11.5 Å². The highest BCUT2D eigenvalue weighted by molar-refractivity contribution is 7.89. The number of para-hydroxylation sites is 1. The lowest BCUT2D eigenvalue weighted by Gasteiger charge is -2.37. The molecule has 3 atom stereocenters. The molecule has 0 aliphatic carbocycles. The number of primary sulfonamides is 1. The molecule has 70 heavy (non-hydrogen) atoms. The van der Waals surface area contributed by atoms with Gasteiger partial charge in [0.25, 0.3) is 5.91 Å². The van der Waals surface area contributed by atoms with Crippen LogP contribution in [0.3, 0.4) is 0 Å². The topological polar surface area (TPSA) is 269 Å². The number of ether oxygens (including phenoxy) is 4. The lowest BCUT2D eigenvalue weighted by Crippen LogP contribution is -2.47. The van der Waals surface area contributed by atoms with Crippen molar-refractivity contribution in [1.29, 1.82) is 0 Å². The summed E-state index contributed by atoms with van der Waals surface area (Å²) in [7, 11) is -0.628. The smallest absolute Gasteiger partial charge is 0.303 e. The van der Waals surface area contributed by atoms with E-state index >= 15 is 0 Å². The average molecular weight is 1020 g/mol. The average Bonchev–Trinajstić information content (AvgIpc) is 3.30. The number of carboxylic acids is 2. The van der Waals surface area contributed by atoms with Crippen molar-refractivity contribution in [1.82, 2.24) is 10.6 Å². The van der Waals surface area contributed by atoms with Crippen molar-refractivity contribution < 1.29 is 62.2 Å². The number of amides is 1. The van der Waals surface area contributed by atoms with Gasteiger partial charge < -0.3 is 55.3 Å². The molecule has 0 radical (unpaired) electrons. The molecule has 0 saturated carbocycles. The van der Waals surface area contributed by atoms with Crippen LogP contribution in [0.4, 0.5) is 11.4 Å². The lowest BCUT2D eigenvalue weighted by molar-refractivity contribution is -0.143. The first-order valence-electron chi connectivity index (χ1n) is 22.8. The van der Waals surface area contributed by atoms with Crippen LogP contribution in [-0.2, 0) is 41.9 Å². The number of rotatable bonds is 23. The van der Waals surface area contributed by atoms with Crippen LogP contribution in [0.25, 0.3) is 0 Å².